The molecule has 3 rings (SSSR count). The minimum absolute atomic E-state index is 0.343. The zero-order valence-electron chi connectivity index (χ0n) is 13.1. The minimum Gasteiger partial charge on any atom is -0.457 e. The number of nitrogens with one attached hydrogen (secondary N) is 1. The van der Waals surface area contributed by atoms with E-state index in [1.807, 2.05) is 66.7 Å². The molecule has 1 heterocycles. The van der Waals surface area contributed by atoms with E-state index in [1.165, 1.54) is 0 Å². The summed E-state index contributed by atoms with van der Waals surface area (Å²) in [6, 6.07) is 21.0. The van der Waals surface area contributed by atoms with Crippen LogP contribution in [0.2, 0.25) is 0 Å². The number of hydrogen-bond donors (Lipinski definition) is 2. The Balaban J connectivity index is 1.63. The number of anilines is 1. The first kappa shape index (κ1) is 15.6. The lowest BCUT2D eigenvalue weighted by Crippen LogP contribution is -2.22. The molecule has 3 N–H and O–H groups in total. The van der Waals surface area contributed by atoms with Crippen LogP contribution in [0.1, 0.15) is 5.56 Å². The van der Waals surface area contributed by atoms with E-state index in [-0.39, 0.29) is 0 Å². The highest BCUT2D eigenvalue weighted by molar-refractivity contribution is 5.92. The molecule has 0 unspecified atom stereocenters. The van der Waals surface area contributed by atoms with Crippen molar-refractivity contribution in [2.45, 2.75) is 6.54 Å². The third-order valence-electron chi connectivity index (χ3n) is 3.24. The first-order valence-corrected chi connectivity index (χ1v) is 7.58. The molecule has 0 spiro atoms. The minimum atomic E-state index is 0.343. The van der Waals surface area contributed by atoms with Crippen molar-refractivity contribution in [2.75, 3.05) is 5.32 Å². The summed E-state index contributed by atoms with van der Waals surface area (Å²) in [7, 11) is 0. The summed E-state index contributed by atoms with van der Waals surface area (Å²) in [6.45, 7) is 0.479. The molecule has 3 aromatic rings. The van der Waals surface area contributed by atoms with Crippen molar-refractivity contribution in [3.05, 3.63) is 84.7 Å². The van der Waals surface area contributed by atoms with Gasteiger partial charge in [0.15, 0.2) is 5.96 Å². The highest BCUT2D eigenvalue weighted by atomic mass is 16.5. The molecule has 120 valence electrons. The Hall–Kier alpha value is -3.34. The summed E-state index contributed by atoms with van der Waals surface area (Å²) in [5.74, 6) is 1.86. The third-order valence-corrected chi connectivity index (χ3v) is 3.24. The van der Waals surface area contributed by atoms with Gasteiger partial charge in [0.25, 0.3) is 0 Å². The van der Waals surface area contributed by atoms with Crippen LogP contribution < -0.4 is 15.8 Å². The second kappa shape index (κ2) is 7.78. The normalized spacial score (nSPS) is 11.1. The second-order valence-electron chi connectivity index (χ2n) is 5.13. The zero-order valence-corrected chi connectivity index (χ0v) is 13.1. The standard InChI is InChI=1S/C19H18N4O/c20-19(22-14-15-6-5-11-21-13-15)23-16-7-4-10-18(12-16)24-17-8-2-1-3-9-17/h1-13H,14H2,(H3,20,22,23). The summed E-state index contributed by atoms with van der Waals surface area (Å²) < 4.78 is 5.80. The van der Waals surface area contributed by atoms with Gasteiger partial charge in [0.1, 0.15) is 11.5 Å². The first-order chi connectivity index (χ1) is 11.8. The Morgan fingerprint density at radius 3 is 2.62 bits per heavy atom. The van der Waals surface area contributed by atoms with E-state index in [1.54, 1.807) is 12.4 Å². The van der Waals surface area contributed by atoms with Crippen molar-refractivity contribution in [1.29, 1.82) is 0 Å². The molecule has 0 bridgehead atoms. The predicted molar refractivity (Wildman–Crippen MR) is 96.1 cm³/mol. The monoisotopic (exact) mass is 318 g/mol. The molecule has 1 aromatic heterocycles. The Kier molecular flexibility index (Phi) is 5.04. The van der Waals surface area contributed by atoms with Gasteiger partial charge in [0.05, 0.1) is 6.54 Å². The van der Waals surface area contributed by atoms with Crippen molar-refractivity contribution in [3.8, 4) is 11.5 Å². The summed E-state index contributed by atoms with van der Waals surface area (Å²) in [5.41, 5.74) is 7.75. The lowest BCUT2D eigenvalue weighted by molar-refractivity contribution is 0.483. The maximum Gasteiger partial charge on any atom is 0.193 e. The highest BCUT2D eigenvalue weighted by Crippen LogP contribution is 2.23. The van der Waals surface area contributed by atoms with Crippen LogP contribution in [0.4, 0.5) is 5.69 Å². The molecule has 0 aliphatic heterocycles. The summed E-state index contributed by atoms with van der Waals surface area (Å²) in [6.07, 6.45) is 3.50. The van der Waals surface area contributed by atoms with E-state index < -0.39 is 0 Å². The van der Waals surface area contributed by atoms with Gasteiger partial charge in [-0.3, -0.25) is 4.98 Å². The van der Waals surface area contributed by atoms with Gasteiger partial charge in [0, 0.05) is 24.1 Å². The Labute approximate surface area is 140 Å². The van der Waals surface area contributed by atoms with Crippen LogP contribution in [0.3, 0.4) is 0 Å². The van der Waals surface area contributed by atoms with Crippen molar-refractivity contribution in [2.24, 2.45) is 10.7 Å². The van der Waals surface area contributed by atoms with Gasteiger partial charge in [-0.15, -0.1) is 0 Å². The molecule has 0 saturated heterocycles. The Morgan fingerprint density at radius 1 is 1.00 bits per heavy atom. The summed E-state index contributed by atoms with van der Waals surface area (Å²) in [5, 5.41) is 3.07. The summed E-state index contributed by atoms with van der Waals surface area (Å²) >= 11 is 0. The van der Waals surface area contributed by atoms with Gasteiger partial charge in [0.2, 0.25) is 0 Å². The smallest absolute Gasteiger partial charge is 0.193 e. The third kappa shape index (κ3) is 4.58. The van der Waals surface area contributed by atoms with Gasteiger partial charge in [-0.2, -0.15) is 0 Å². The van der Waals surface area contributed by atoms with Crippen LogP contribution in [-0.4, -0.2) is 10.9 Å². The van der Waals surface area contributed by atoms with Crippen molar-refractivity contribution in [1.82, 2.24) is 4.98 Å². The van der Waals surface area contributed by atoms with Gasteiger partial charge >= 0.3 is 0 Å². The molecule has 0 fully saturated rings. The number of rotatable bonds is 5. The first-order valence-electron chi connectivity index (χ1n) is 7.58. The number of nitrogens with two attached hydrogens (primary N) is 1. The van der Waals surface area contributed by atoms with Crippen LogP contribution >= 0.6 is 0 Å². The molecular weight excluding hydrogens is 300 g/mol. The predicted octanol–water partition coefficient (Wildman–Crippen LogP) is 3.80. The maximum absolute atomic E-state index is 5.93. The lowest BCUT2D eigenvalue weighted by Gasteiger charge is -2.09. The molecular formula is C19H18N4O. The zero-order chi connectivity index (χ0) is 16.6. The van der Waals surface area contributed by atoms with Crippen molar-refractivity contribution in [3.63, 3.8) is 0 Å². The number of guanidine groups is 1. The van der Waals surface area contributed by atoms with E-state index in [0.29, 0.717) is 12.5 Å². The van der Waals surface area contributed by atoms with Crippen LogP contribution in [0.15, 0.2) is 84.1 Å². The molecule has 0 radical (unpaired) electrons. The Bertz CT molecular complexity index is 804. The molecule has 0 amide bonds. The lowest BCUT2D eigenvalue weighted by atomic mass is 10.3. The SMILES string of the molecule is NC(=NCc1cccnc1)Nc1cccc(Oc2ccccc2)c1. The van der Waals surface area contributed by atoms with Crippen LogP contribution in [0, 0.1) is 0 Å². The van der Waals surface area contributed by atoms with E-state index in [2.05, 4.69) is 15.3 Å². The number of benzene rings is 2. The quantitative estimate of drug-likeness (QED) is 0.554. The number of hydrogen-bond acceptors (Lipinski definition) is 3. The van der Waals surface area contributed by atoms with Crippen molar-refractivity contribution >= 4 is 11.6 Å². The number of aliphatic imine (C=N–C) groups is 1. The van der Waals surface area contributed by atoms with Gasteiger partial charge in [-0.05, 0) is 35.9 Å². The molecule has 0 aliphatic rings. The number of pyridine rings is 1. The molecule has 0 atom stereocenters. The van der Waals surface area contributed by atoms with Gasteiger partial charge in [-0.25, -0.2) is 4.99 Å². The van der Waals surface area contributed by atoms with E-state index in [9.17, 15) is 0 Å². The Morgan fingerprint density at radius 2 is 1.83 bits per heavy atom. The number of para-hydroxylation sites is 1. The number of aromatic nitrogens is 1. The molecule has 5 nitrogen and oxygen atoms in total. The fourth-order valence-electron chi connectivity index (χ4n) is 2.12. The summed E-state index contributed by atoms with van der Waals surface area (Å²) in [4.78, 5) is 8.36. The van der Waals surface area contributed by atoms with Crippen LogP contribution in [0.5, 0.6) is 11.5 Å². The number of ether oxygens (including phenoxy) is 1. The molecule has 0 saturated carbocycles. The van der Waals surface area contributed by atoms with E-state index in [4.69, 9.17) is 10.5 Å². The average molecular weight is 318 g/mol. The molecule has 24 heavy (non-hydrogen) atoms. The molecule has 0 aliphatic carbocycles. The fourth-order valence-corrected chi connectivity index (χ4v) is 2.12. The fraction of sp³-hybridized carbons (Fsp3) is 0.0526. The highest BCUT2D eigenvalue weighted by Gasteiger charge is 2.00. The topological polar surface area (TPSA) is 72.5 Å². The van der Waals surface area contributed by atoms with Crippen LogP contribution in [-0.2, 0) is 6.54 Å². The molecule has 5 heteroatoms. The van der Waals surface area contributed by atoms with Crippen molar-refractivity contribution < 1.29 is 4.74 Å². The van der Waals surface area contributed by atoms with Gasteiger partial charge in [-0.1, -0.05) is 30.3 Å². The van der Waals surface area contributed by atoms with E-state index >= 15 is 0 Å². The maximum atomic E-state index is 5.93. The van der Waals surface area contributed by atoms with Gasteiger partial charge < -0.3 is 15.8 Å². The largest absolute Gasteiger partial charge is 0.457 e. The second-order valence-corrected chi connectivity index (χ2v) is 5.13. The number of nitrogens with zero attached hydrogens (tertiary/aromatic N) is 2. The molecule has 2 aromatic carbocycles. The average Bonchev–Trinajstić information content (AvgIpc) is 2.62. The van der Waals surface area contributed by atoms with Crippen LogP contribution in [0.25, 0.3) is 0 Å². The van der Waals surface area contributed by atoms with E-state index in [0.717, 1.165) is 22.7 Å².